The van der Waals surface area contributed by atoms with Crippen molar-refractivity contribution >= 4 is 30.7 Å². The SMILES string of the molecule is Cl.Cl.O=C(NC1CCN(C2CCCC2)CC1)C1CC(F)(F)CN1. The summed E-state index contributed by atoms with van der Waals surface area (Å²) in [7, 11) is 0. The molecule has 1 aliphatic carbocycles. The Labute approximate surface area is 148 Å². The van der Waals surface area contributed by atoms with Gasteiger partial charge in [0.15, 0.2) is 0 Å². The molecule has 0 spiro atoms. The summed E-state index contributed by atoms with van der Waals surface area (Å²) in [5.41, 5.74) is 0. The maximum Gasteiger partial charge on any atom is 0.262 e. The lowest BCUT2D eigenvalue weighted by Crippen LogP contribution is -2.50. The van der Waals surface area contributed by atoms with Gasteiger partial charge in [-0.15, -0.1) is 24.8 Å². The van der Waals surface area contributed by atoms with Gasteiger partial charge in [-0.2, -0.15) is 0 Å². The summed E-state index contributed by atoms with van der Waals surface area (Å²) in [4.78, 5) is 14.6. The lowest BCUT2D eigenvalue weighted by molar-refractivity contribution is -0.124. The predicted octanol–water partition coefficient (Wildman–Crippen LogP) is 2.35. The molecule has 136 valence electrons. The van der Waals surface area contributed by atoms with Crippen LogP contribution in [0.2, 0.25) is 0 Å². The van der Waals surface area contributed by atoms with Crippen LogP contribution in [-0.4, -0.2) is 54.5 Å². The quantitative estimate of drug-likeness (QED) is 0.797. The van der Waals surface area contributed by atoms with Crippen LogP contribution in [0.15, 0.2) is 0 Å². The van der Waals surface area contributed by atoms with Gasteiger partial charge in [0, 0.05) is 31.6 Å². The van der Waals surface area contributed by atoms with Crippen molar-refractivity contribution in [2.24, 2.45) is 0 Å². The van der Waals surface area contributed by atoms with Crippen molar-refractivity contribution in [3.63, 3.8) is 0 Å². The van der Waals surface area contributed by atoms with E-state index in [0.717, 1.165) is 32.0 Å². The number of hydrogen-bond donors (Lipinski definition) is 2. The van der Waals surface area contributed by atoms with Crippen LogP contribution >= 0.6 is 24.8 Å². The smallest absolute Gasteiger partial charge is 0.262 e. The number of rotatable bonds is 3. The molecule has 3 fully saturated rings. The van der Waals surface area contributed by atoms with E-state index in [2.05, 4.69) is 15.5 Å². The Morgan fingerprint density at radius 1 is 1.09 bits per heavy atom. The van der Waals surface area contributed by atoms with Crippen LogP contribution in [0.25, 0.3) is 0 Å². The van der Waals surface area contributed by atoms with E-state index in [4.69, 9.17) is 0 Å². The molecule has 2 aliphatic heterocycles. The number of likely N-dealkylation sites (tertiary alicyclic amines) is 1. The standard InChI is InChI=1S/C15H25F2N3O.2ClH/c16-15(17)9-13(18-10-15)14(21)19-11-5-7-20(8-6-11)12-3-1-2-4-12;;/h11-13,18H,1-10H2,(H,19,21);2*1H. The van der Waals surface area contributed by atoms with Gasteiger partial charge in [-0.1, -0.05) is 12.8 Å². The third-order valence-electron chi connectivity index (χ3n) is 5.14. The number of piperidine rings is 1. The van der Waals surface area contributed by atoms with Gasteiger partial charge >= 0.3 is 0 Å². The minimum atomic E-state index is -2.74. The highest BCUT2D eigenvalue weighted by Gasteiger charge is 2.42. The summed E-state index contributed by atoms with van der Waals surface area (Å²) in [5.74, 6) is -3.00. The van der Waals surface area contributed by atoms with E-state index < -0.39 is 12.0 Å². The van der Waals surface area contributed by atoms with E-state index in [1.54, 1.807) is 0 Å². The van der Waals surface area contributed by atoms with E-state index in [1.165, 1.54) is 25.7 Å². The first-order valence-electron chi connectivity index (χ1n) is 8.19. The normalized spacial score (nSPS) is 28.9. The molecule has 0 aromatic carbocycles. The first-order valence-corrected chi connectivity index (χ1v) is 8.19. The summed E-state index contributed by atoms with van der Waals surface area (Å²) in [6.07, 6.45) is 6.78. The topological polar surface area (TPSA) is 44.4 Å². The highest BCUT2D eigenvalue weighted by Crippen LogP contribution is 2.27. The van der Waals surface area contributed by atoms with Gasteiger partial charge in [0.2, 0.25) is 5.91 Å². The molecule has 2 N–H and O–H groups in total. The average Bonchev–Trinajstić information content (AvgIpc) is 3.09. The number of alkyl halides is 2. The van der Waals surface area contributed by atoms with E-state index in [1.807, 2.05) is 0 Å². The molecule has 2 heterocycles. The number of carbonyl (C=O) groups excluding carboxylic acids is 1. The summed E-state index contributed by atoms with van der Waals surface area (Å²) in [5, 5.41) is 5.57. The molecule has 0 bridgehead atoms. The second kappa shape index (κ2) is 8.79. The fourth-order valence-corrected chi connectivity index (χ4v) is 3.88. The zero-order valence-corrected chi connectivity index (χ0v) is 14.9. The molecular formula is C15H27Cl2F2N3O. The largest absolute Gasteiger partial charge is 0.352 e. The van der Waals surface area contributed by atoms with Gasteiger partial charge in [0.25, 0.3) is 5.92 Å². The average molecular weight is 374 g/mol. The molecule has 8 heteroatoms. The van der Waals surface area contributed by atoms with Crippen molar-refractivity contribution in [1.82, 2.24) is 15.5 Å². The fourth-order valence-electron chi connectivity index (χ4n) is 3.88. The zero-order valence-electron chi connectivity index (χ0n) is 13.2. The second-order valence-corrected chi connectivity index (χ2v) is 6.75. The Morgan fingerprint density at radius 2 is 1.70 bits per heavy atom. The maximum atomic E-state index is 13.1. The molecule has 23 heavy (non-hydrogen) atoms. The molecule has 0 aromatic rings. The molecule has 2 saturated heterocycles. The highest BCUT2D eigenvalue weighted by molar-refractivity contribution is 5.85. The third kappa shape index (κ3) is 5.41. The minimum absolute atomic E-state index is 0. The molecule has 4 nitrogen and oxygen atoms in total. The predicted molar refractivity (Wildman–Crippen MR) is 90.8 cm³/mol. The molecule has 1 saturated carbocycles. The Balaban J connectivity index is 0.00000132. The van der Waals surface area contributed by atoms with Gasteiger partial charge in [-0.05, 0) is 25.7 Å². The third-order valence-corrected chi connectivity index (χ3v) is 5.14. The summed E-state index contributed by atoms with van der Waals surface area (Å²) >= 11 is 0. The van der Waals surface area contributed by atoms with Crippen LogP contribution < -0.4 is 10.6 Å². The molecule has 0 radical (unpaired) electrons. The molecule has 1 amide bonds. The Kier molecular flexibility index (Phi) is 7.98. The van der Waals surface area contributed by atoms with Crippen molar-refractivity contribution in [3.05, 3.63) is 0 Å². The van der Waals surface area contributed by atoms with Crippen LogP contribution in [0, 0.1) is 0 Å². The zero-order chi connectivity index (χ0) is 14.9. The second-order valence-electron chi connectivity index (χ2n) is 6.75. The van der Waals surface area contributed by atoms with Gasteiger partial charge in [0.1, 0.15) is 0 Å². The van der Waals surface area contributed by atoms with Gasteiger partial charge in [-0.3, -0.25) is 10.1 Å². The number of amides is 1. The monoisotopic (exact) mass is 373 g/mol. The summed E-state index contributed by atoms with van der Waals surface area (Å²) < 4.78 is 26.2. The maximum absolute atomic E-state index is 13.1. The van der Waals surface area contributed by atoms with Crippen LogP contribution in [0.5, 0.6) is 0 Å². The highest BCUT2D eigenvalue weighted by atomic mass is 35.5. The molecule has 1 unspecified atom stereocenters. The van der Waals surface area contributed by atoms with Crippen molar-refractivity contribution < 1.29 is 13.6 Å². The van der Waals surface area contributed by atoms with E-state index >= 15 is 0 Å². The molecule has 1 atom stereocenters. The minimum Gasteiger partial charge on any atom is -0.352 e. The van der Waals surface area contributed by atoms with Crippen molar-refractivity contribution in [2.75, 3.05) is 19.6 Å². The first kappa shape index (κ1) is 20.9. The van der Waals surface area contributed by atoms with E-state index in [-0.39, 0.29) is 49.7 Å². The molecule has 3 rings (SSSR count). The first-order chi connectivity index (χ1) is 10.0. The molecular weight excluding hydrogens is 347 g/mol. The summed E-state index contributed by atoms with van der Waals surface area (Å²) in [6, 6.07) is 0.149. The Morgan fingerprint density at radius 3 is 2.22 bits per heavy atom. The van der Waals surface area contributed by atoms with Crippen LogP contribution in [0.4, 0.5) is 8.78 Å². The fraction of sp³-hybridized carbons (Fsp3) is 0.933. The van der Waals surface area contributed by atoms with Crippen LogP contribution in [0.1, 0.15) is 44.9 Å². The number of nitrogens with zero attached hydrogens (tertiary/aromatic N) is 1. The molecule has 3 aliphatic rings. The van der Waals surface area contributed by atoms with Crippen LogP contribution in [-0.2, 0) is 4.79 Å². The Hall–Kier alpha value is -0.170. The van der Waals surface area contributed by atoms with Crippen molar-refractivity contribution in [3.8, 4) is 0 Å². The lowest BCUT2D eigenvalue weighted by Gasteiger charge is -2.36. The van der Waals surface area contributed by atoms with Crippen molar-refractivity contribution in [2.45, 2.75) is 69.0 Å². The number of carbonyl (C=O) groups is 1. The summed E-state index contributed by atoms with van der Waals surface area (Å²) in [6.45, 7) is 1.65. The van der Waals surface area contributed by atoms with Crippen LogP contribution in [0.3, 0.4) is 0 Å². The van der Waals surface area contributed by atoms with E-state index in [9.17, 15) is 13.6 Å². The van der Waals surface area contributed by atoms with E-state index in [0.29, 0.717) is 0 Å². The van der Waals surface area contributed by atoms with Gasteiger partial charge in [-0.25, -0.2) is 8.78 Å². The Bertz CT molecular complexity index is 387. The number of nitrogens with one attached hydrogen (secondary N) is 2. The number of hydrogen-bond acceptors (Lipinski definition) is 3. The molecule has 0 aromatic heterocycles. The van der Waals surface area contributed by atoms with Gasteiger partial charge < -0.3 is 10.2 Å². The lowest BCUT2D eigenvalue weighted by atomic mass is 10.0. The van der Waals surface area contributed by atoms with Gasteiger partial charge in [0.05, 0.1) is 12.6 Å². The number of halogens is 4. The van der Waals surface area contributed by atoms with Crippen molar-refractivity contribution in [1.29, 1.82) is 0 Å².